The Morgan fingerprint density at radius 3 is 2.10 bits per heavy atom. The number of hydrogen-bond donors (Lipinski definition) is 2. The quantitative estimate of drug-likeness (QED) is 0.290. The molecule has 1 N–H and O–H groups in total. The molecule has 4 rings (SSSR count). The smallest absolute Gasteiger partial charge is 0.367 e. The number of esters is 1. The molecule has 4 saturated carbocycles. The lowest BCUT2D eigenvalue weighted by Gasteiger charge is -2.56. The van der Waals surface area contributed by atoms with Crippen LogP contribution in [0.5, 0.6) is 0 Å². The summed E-state index contributed by atoms with van der Waals surface area (Å²) in [5.41, 5.74) is 2.82. The van der Waals surface area contributed by atoms with Crippen molar-refractivity contribution in [1.29, 1.82) is 0 Å². The molecular weight excluding hydrogens is 428 g/mol. The van der Waals surface area contributed by atoms with Gasteiger partial charge in [0.25, 0.3) is 0 Å². The van der Waals surface area contributed by atoms with E-state index in [0.717, 1.165) is 29.8 Å². The molecule has 0 aromatic rings. The van der Waals surface area contributed by atoms with Gasteiger partial charge in [-0.1, -0.05) is 13.8 Å². The Hall–Kier alpha value is -0.840. The number of sulfonamides is 1. The highest BCUT2D eigenvalue weighted by Crippen LogP contribution is 2.55. The maximum atomic E-state index is 12.9. The summed E-state index contributed by atoms with van der Waals surface area (Å²) < 4.78 is 30.4. The summed E-state index contributed by atoms with van der Waals surface area (Å²) >= 11 is 4.09. The van der Waals surface area contributed by atoms with Crippen LogP contribution in [0.25, 0.3) is 0 Å². The molecule has 4 aliphatic rings. The third-order valence-corrected chi connectivity index (χ3v) is 8.69. The lowest BCUT2D eigenvalue weighted by Crippen LogP contribution is -2.59. The molecule has 0 aromatic heterocycles. The number of nitrogens with one attached hydrogen (secondary N) is 1. The lowest BCUT2D eigenvalue weighted by molar-refractivity contribution is -0.184. The number of carbonyl (C=O) groups is 2. The molecule has 0 amide bonds. The summed E-state index contributed by atoms with van der Waals surface area (Å²) in [6.45, 7) is 3.18. The summed E-state index contributed by atoms with van der Waals surface area (Å²) in [6.07, 6.45) is 6.46. The molecule has 4 aliphatic carbocycles. The second-order valence-electron chi connectivity index (χ2n) is 9.44. The predicted octanol–water partition coefficient (Wildman–Crippen LogP) is 1.76. The van der Waals surface area contributed by atoms with Gasteiger partial charge in [0, 0.05) is 12.3 Å². The van der Waals surface area contributed by atoms with E-state index in [2.05, 4.69) is 18.1 Å². The molecule has 2 atom stereocenters. The minimum atomic E-state index is -3.56. The Morgan fingerprint density at radius 2 is 1.67 bits per heavy atom. The van der Waals surface area contributed by atoms with Crippen LogP contribution in [0, 0.1) is 23.7 Å². The molecule has 0 aromatic carbocycles. The van der Waals surface area contributed by atoms with Crippen LogP contribution >= 0.6 is 12.6 Å². The molecule has 4 fully saturated rings. The van der Waals surface area contributed by atoms with E-state index in [4.69, 9.17) is 9.57 Å². The SMILES string of the molecule is CCN(C[C@H](OC(=O)[C@H](C)CS)C(=O)ONC12CC3CC(CC(C3)C1)C2)S(C)(=O)=O. The summed E-state index contributed by atoms with van der Waals surface area (Å²) in [6, 6.07) is 0. The first-order chi connectivity index (χ1) is 14.0. The van der Waals surface area contributed by atoms with Crippen molar-refractivity contribution in [3.63, 3.8) is 0 Å². The monoisotopic (exact) mass is 462 g/mol. The van der Waals surface area contributed by atoms with Gasteiger partial charge in [0.05, 0.1) is 24.3 Å². The highest BCUT2D eigenvalue weighted by Gasteiger charge is 2.52. The topological polar surface area (TPSA) is 102 Å². The van der Waals surface area contributed by atoms with Crippen LogP contribution in [0.2, 0.25) is 0 Å². The first-order valence-electron chi connectivity index (χ1n) is 10.8. The van der Waals surface area contributed by atoms with Gasteiger partial charge in [-0.25, -0.2) is 13.2 Å². The summed E-state index contributed by atoms with van der Waals surface area (Å²) in [7, 11) is -3.56. The fraction of sp³-hybridized carbons (Fsp3) is 0.900. The van der Waals surface area contributed by atoms with Crippen molar-refractivity contribution >= 4 is 34.6 Å². The molecule has 172 valence electrons. The minimum absolute atomic E-state index is 0.157. The molecular formula is C20H34N2O6S2. The van der Waals surface area contributed by atoms with E-state index in [0.29, 0.717) is 17.8 Å². The number of rotatable bonds is 10. The van der Waals surface area contributed by atoms with Crippen molar-refractivity contribution in [1.82, 2.24) is 9.79 Å². The Morgan fingerprint density at radius 1 is 1.13 bits per heavy atom. The van der Waals surface area contributed by atoms with Gasteiger partial charge in [0.15, 0.2) is 0 Å². The van der Waals surface area contributed by atoms with Gasteiger partial charge in [0.2, 0.25) is 16.1 Å². The molecule has 4 bridgehead atoms. The van der Waals surface area contributed by atoms with E-state index in [1.807, 2.05) is 0 Å². The number of hydroxylamine groups is 1. The standard InChI is InChI=1S/C20H34N2O6S2/c1-4-22(30(3,25)26)11-17(27-18(23)13(2)12-29)19(24)28-21-20-8-14-5-15(9-20)7-16(6-14)10-20/h13-17,21,29H,4-12H2,1-3H3/t13-,14?,15?,16?,17+,20?/m1/s1. The predicted molar refractivity (Wildman–Crippen MR) is 115 cm³/mol. The number of thiol groups is 1. The minimum Gasteiger partial charge on any atom is -0.449 e. The van der Waals surface area contributed by atoms with Crippen LogP contribution in [-0.2, 0) is 29.2 Å². The summed E-state index contributed by atoms with van der Waals surface area (Å²) in [5, 5.41) is 0. The highest BCUT2D eigenvalue weighted by atomic mass is 32.2. The molecule has 0 unspecified atom stereocenters. The Kier molecular flexibility index (Phi) is 7.41. The van der Waals surface area contributed by atoms with Gasteiger partial charge < -0.3 is 9.57 Å². The van der Waals surface area contributed by atoms with E-state index in [9.17, 15) is 18.0 Å². The number of ether oxygens (including phenoxy) is 1. The van der Waals surface area contributed by atoms with Gasteiger partial charge in [0.1, 0.15) is 0 Å². The van der Waals surface area contributed by atoms with Crippen LogP contribution in [0.4, 0.5) is 0 Å². The molecule has 0 saturated heterocycles. The van der Waals surface area contributed by atoms with Crippen LogP contribution in [-0.4, -0.2) is 61.4 Å². The van der Waals surface area contributed by atoms with Gasteiger partial charge in [-0.15, -0.1) is 5.48 Å². The van der Waals surface area contributed by atoms with Gasteiger partial charge in [-0.2, -0.15) is 16.9 Å². The van der Waals surface area contributed by atoms with E-state index in [1.54, 1.807) is 13.8 Å². The molecule has 0 radical (unpaired) electrons. The largest absolute Gasteiger partial charge is 0.449 e. The van der Waals surface area contributed by atoms with Crippen molar-refractivity contribution in [3.8, 4) is 0 Å². The van der Waals surface area contributed by atoms with E-state index in [-0.39, 0.29) is 24.4 Å². The number of hydrogen-bond acceptors (Lipinski definition) is 8. The van der Waals surface area contributed by atoms with Crippen molar-refractivity contribution in [2.24, 2.45) is 23.7 Å². The van der Waals surface area contributed by atoms with Crippen LogP contribution in [0.3, 0.4) is 0 Å². The highest BCUT2D eigenvalue weighted by molar-refractivity contribution is 7.88. The van der Waals surface area contributed by atoms with Gasteiger partial charge >= 0.3 is 11.9 Å². The fourth-order valence-electron chi connectivity index (χ4n) is 5.63. The van der Waals surface area contributed by atoms with E-state index < -0.39 is 34.0 Å². The first-order valence-corrected chi connectivity index (χ1v) is 13.3. The molecule has 10 heteroatoms. The normalized spacial score (nSPS) is 32.1. The van der Waals surface area contributed by atoms with Crippen LogP contribution < -0.4 is 5.48 Å². The fourth-order valence-corrected chi connectivity index (χ4v) is 6.66. The van der Waals surface area contributed by atoms with Crippen molar-refractivity contribution in [3.05, 3.63) is 0 Å². The summed E-state index contributed by atoms with van der Waals surface area (Å²) in [5.74, 6) is 0.386. The summed E-state index contributed by atoms with van der Waals surface area (Å²) in [4.78, 5) is 30.6. The Labute approximate surface area is 184 Å². The van der Waals surface area contributed by atoms with Gasteiger partial charge in [-0.3, -0.25) is 4.79 Å². The number of likely N-dealkylation sites (N-methyl/N-ethyl adjacent to an activating group) is 1. The Balaban J connectivity index is 1.67. The van der Waals surface area contributed by atoms with Crippen molar-refractivity contribution in [2.45, 2.75) is 64.0 Å². The molecule has 8 nitrogen and oxygen atoms in total. The van der Waals surface area contributed by atoms with E-state index in [1.165, 1.54) is 19.3 Å². The van der Waals surface area contributed by atoms with Crippen LogP contribution in [0.15, 0.2) is 0 Å². The average molecular weight is 463 g/mol. The molecule has 0 heterocycles. The zero-order valence-electron chi connectivity index (χ0n) is 18.0. The third-order valence-electron chi connectivity index (χ3n) is 6.80. The molecule has 30 heavy (non-hydrogen) atoms. The van der Waals surface area contributed by atoms with Gasteiger partial charge in [-0.05, 0) is 56.3 Å². The third kappa shape index (κ3) is 5.49. The lowest BCUT2D eigenvalue weighted by atomic mass is 9.53. The first kappa shape index (κ1) is 23.8. The van der Waals surface area contributed by atoms with Crippen molar-refractivity contribution in [2.75, 3.05) is 25.1 Å². The number of nitrogens with zero attached hydrogens (tertiary/aromatic N) is 1. The average Bonchev–Trinajstić information content (AvgIpc) is 2.66. The van der Waals surface area contributed by atoms with Crippen LogP contribution in [0.1, 0.15) is 52.4 Å². The molecule has 0 aliphatic heterocycles. The van der Waals surface area contributed by atoms with Crippen molar-refractivity contribution < 1.29 is 27.6 Å². The van der Waals surface area contributed by atoms with E-state index >= 15 is 0 Å². The second kappa shape index (κ2) is 9.34. The molecule has 0 spiro atoms. The zero-order chi connectivity index (χ0) is 22.1. The second-order valence-corrected chi connectivity index (χ2v) is 11.8. The maximum absolute atomic E-state index is 12.9. The number of carbonyl (C=O) groups excluding carboxylic acids is 2. The Bertz CT molecular complexity index is 721. The zero-order valence-corrected chi connectivity index (χ0v) is 19.7. The maximum Gasteiger partial charge on any atom is 0.367 e.